The van der Waals surface area contributed by atoms with E-state index in [1.807, 2.05) is 31.2 Å². The fraction of sp³-hybridized carbons (Fsp3) is 0.143. The maximum atomic E-state index is 7.81. The number of rotatable bonds is 1. The molecule has 0 spiro atoms. The third-order valence-electron chi connectivity index (χ3n) is 4.29. The van der Waals surface area contributed by atoms with E-state index in [9.17, 15) is 0 Å². The van der Waals surface area contributed by atoms with Crippen molar-refractivity contribution in [2.24, 2.45) is 0 Å². The van der Waals surface area contributed by atoms with E-state index in [2.05, 4.69) is 9.97 Å². The van der Waals surface area contributed by atoms with Crippen molar-refractivity contribution < 1.29 is 12.6 Å². The summed E-state index contributed by atoms with van der Waals surface area (Å²) < 4.78 is 53.6. The van der Waals surface area contributed by atoms with E-state index in [1.54, 1.807) is 17.4 Å². The standard InChI is InChI=1S/C21H16N2OS/c1-11-7-17(22-10-12(11)2)15-6-4-5-14-16-8-20-18(23-13(3)25-20)9-19(16)24-21(14)15/h4-10H,1-3H3/i1D3,2D3. The van der Waals surface area contributed by atoms with Crippen molar-refractivity contribution >= 4 is 43.5 Å². The molecule has 4 heteroatoms. The quantitative estimate of drug-likeness (QED) is 0.362. The second-order valence-electron chi connectivity index (χ2n) is 5.95. The minimum Gasteiger partial charge on any atom is -0.455 e. The number of thiazole rings is 1. The predicted molar refractivity (Wildman–Crippen MR) is 104 cm³/mol. The number of aromatic nitrogens is 2. The van der Waals surface area contributed by atoms with E-state index in [4.69, 9.17) is 12.6 Å². The second kappa shape index (κ2) is 5.14. The minimum atomic E-state index is -2.59. The maximum Gasteiger partial charge on any atom is 0.144 e. The molecule has 0 aliphatic carbocycles. The van der Waals surface area contributed by atoms with E-state index in [0.29, 0.717) is 22.4 Å². The molecule has 0 atom stereocenters. The molecule has 0 aliphatic heterocycles. The van der Waals surface area contributed by atoms with E-state index in [1.165, 1.54) is 6.07 Å². The molecular formula is C21H16N2OS. The molecule has 0 N–H and O–H groups in total. The fourth-order valence-electron chi connectivity index (χ4n) is 3.14. The number of pyridine rings is 1. The van der Waals surface area contributed by atoms with Crippen LogP contribution in [0.15, 0.2) is 47.0 Å². The number of furan rings is 1. The Bertz CT molecular complexity index is 1480. The van der Waals surface area contributed by atoms with Gasteiger partial charge in [-0.25, -0.2) is 4.98 Å². The summed E-state index contributed by atoms with van der Waals surface area (Å²) in [6, 6.07) is 10.9. The first kappa shape index (κ1) is 9.68. The summed E-state index contributed by atoms with van der Waals surface area (Å²) in [5.41, 5.74) is 2.55. The van der Waals surface area contributed by atoms with Crippen LogP contribution < -0.4 is 0 Å². The average molecular weight is 350 g/mol. The Labute approximate surface area is 157 Å². The van der Waals surface area contributed by atoms with Gasteiger partial charge < -0.3 is 4.42 Å². The van der Waals surface area contributed by atoms with E-state index in [0.717, 1.165) is 32.2 Å². The highest BCUT2D eigenvalue weighted by Crippen LogP contribution is 2.38. The van der Waals surface area contributed by atoms with Gasteiger partial charge in [0.25, 0.3) is 0 Å². The van der Waals surface area contributed by atoms with Gasteiger partial charge >= 0.3 is 0 Å². The Morgan fingerprint density at radius 2 is 2.00 bits per heavy atom. The molecule has 3 heterocycles. The average Bonchev–Trinajstić information content (AvgIpc) is 3.22. The van der Waals surface area contributed by atoms with Crippen molar-refractivity contribution in [3.63, 3.8) is 0 Å². The van der Waals surface area contributed by atoms with Crippen molar-refractivity contribution in [2.45, 2.75) is 20.6 Å². The summed E-state index contributed by atoms with van der Waals surface area (Å²) in [6.07, 6.45) is 1.13. The summed E-state index contributed by atoms with van der Waals surface area (Å²) in [6.45, 7) is -3.20. The molecule has 0 bridgehead atoms. The Kier molecular flexibility index (Phi) is 1.99. The Hall–Kier alpha value is -2.72. The first-order chi connectivity index (χ1) is 14.5. The van der Waals surface area contributed by atoms with Gasteiger partial charge in [-0.15, -0.1) is 11.3 Å². The van der Waals surface area contributed by atoms with Crippen LogP contribution in [0.4, 0.5) is 0 Å². The van der Waals surface area contributed by atoms with Crippen LogP contribution in [0.3, 0.4) is 0 Å². The number of nitrogens with zero attached hydrogens (tertiary/aromatic N) is 2. The molecule has 2 aromatic carbocycles. The van der Waals surface area contributed by atoms with Crippen molar-refractivity contribution in [1.29, 1.82) is 0 Å². The zero-order valence-corrected chi connectivity index (χ0v) is 14.1. The topological polar surface area (TPSA) is 38.9 Å². The molecule has 122 valence electrons. The predicted octanol–water partition coefficient (Wildman–Crippen LogP) is 6.18. The molecule has 25 heavy (non-hydrogen) atoms. The number of hydrogen-bond donors (Lipinski definition) is 0. The summed E-state index contributed by atoms with van der Waals surface area (Å²) >= 11 is 1.61. The summed E-state index contributed by atoms with van der Waals surface area (Å²) in [7, 11) is 0. The molecule has 3 nitrogen and oxygen atoms in total. The van der Waals surface area contributed by atoms with Crippen molar-refractivity contribution in [1.82, 2.24) is 9.97 Å². The third-order valence-corrected chi connectivity index (χ3v) is 5.23. The normalized spacial score (nSPS) is 16.4. The Morgan fingerprint density at radius 3 is 2.88 bits per heavy atom. The van der Waals surface area contributed by atoms with Crippen molar-refractivity contribution in [2.75, 3.05) is 0 Å². The highest BCUT2D eigenvalue weighted by molar-refractivity contribution is 7.18. The molecule has 0 fully saturated rings. The number of fused-ring (bicyclic) bond motifs is 4. The molecular weight excluding hydrogens is 328 g/mol. The maximum absolute atomic E-state index is 7.81. The van der Waals surface area contributed by atoms with Crippen LogP contribution in [-0.4, -0.2) is 9.97 Å². The number of benzene rings is 2. The van der Waals surface area contributed by atoms with Gasteiger partial charge in [-0.3, -0.25) is 4.98 Å². The SMILES string of the molecule is [2H]C([2H])([2H])c1cnc(-c2cccc3c2oc2cc4nc(C)sc4cc23)cc1C([2H])([2H])[2H]. The van der Waals surface area contributed by atoms with E-state index < -0.39 is 13.7 Å². The smallest absolute Gasteiger partial charge is 0.144 e. The number of hydrogen-bond acceptors (Lipinski definition) is 4. The minimum absolute atomic E-state index is 0.231. The summed E-state index contributed by atoms with van der Waals surface area (Å²) in [5.74, 6) is 0. The monoisotopic (exact) mass is 350 g/mol. The van der Waals surface area contributed by atoms with Gasteiger partial charge in [0, 0.05) is 36.8 Å². The lowest BCUT2D eigenvalue weighted by Crippen LogP contribution is -1.88. The van der Waals surface area contributed by atoms with Gasteiger partial charge in [0.05, 0.1) is 20.9 Å². The number of para-hydroxylation sites is 1. The van der Waals surface area contributed by atoms with E-state index >= 15 is 0 Å². The summed E-state index contributed by atoms with van der Waals surface area (Å²) in [5, 5.41) is 2.78. The van der Waals surface area contributed by atoms with Gasteiger partial charge in [0.1, 0.15) is 11.2 Å². The zero-order valence-electron chi connectivity index (χ0n) is 19.3. The number of aryl methyl sites for hydroxylation is 3. The first-order valence-electron chi connectivity index (χ1n) is 10.8. The van der Waals surface area contributed by atoms with Gasteiger partial charge in [-0.1, -0.05) is 12.1 Å². The van der Waals surface area contributed by atoms with Crippen LogP contribution in [-0.2, 0) is 0 Å². The molecule has 3 aromatic heterocycles. The largest absolute Gasteiger partial charge is 0.455 e. The van der Waals surface area contributed by atoms with E-state index in [-0.39, 0.29) is 11.1 Å². The zero-order chi connectivity index (χ0) is 22.1. The highest BCUT2D eigenvalue weighted by Gasteiger charge is 2.15. The van der Waals surface area contributed by atoms with Crippen LogP contribution in [0, 0.1) is 20.6 Å². The van der Waals surface area contributed by atoms with Gasteiger partial charge in [0.15, 0.2) is 0 Å². The van der Waals surface area contributed by atoms with Gasteiger partial charge in [0.2, 0.25) is 0 Å². The Balaban J connectivity index is 1.77. The van der Waals surface area contributed by atoms with Crippen LogP contribution in [0.25, 0.3) is 43.4 Å². The van der Waals surface area contributed by atoms with Crippen LogP contribution in [0.5, 0.6) is 0 Å². The molecule has 5 aromatic rings. The second-order valence-corrected chi connectivity index (χ2v) is 7.18. The highest BCUT2D eigenvalue weighted by atomic mass is 32.1. The molecule has 0 saturated carbocycles. The van der Waals surface area contributed by atoms with Gasteiger partial charge in [-0.2, -0.15) is 0 Å². The molecule has 0 saturated heterocycles. The Morgan fingerprint density at radius 1 is 1.08 bits per heavy atom. The third kappa shape index (κ3) is 2.18. The molecule has 0 radical (unpaired) electrons. The fourth-order valence-corrected chi connectivity index (χ4v) is 3.99. The lowest BCUT2D eigenvalue weighted by molar-refractivity contribution is 0.670. The van der Waals surface area contributed by atoms with Crippen LogP contribution in [0.2, 0.25) is 0 Å². The first-order valence-corrected chi connectivity index (χ1v) is 8.58. The lowest BCUT2D eigenvalue weighted by atomic mass is 10.0. The molecule has 0 aliphatic rings. The van der Waals surface area contributed by atoms with Crippen molar-refractivity contribution in [3.05, 3.63) is 58.7 Å². The molecule has 0 unspecified atom stereocenters. The lowest BCUT2D eigenvalue weighted by Gasteiger charge is -2.05. The van der Waals surface area contributed by atoms with Crippen molar-refractivity contribution in [3.8, 4) is 11.3 Å². The molecule has 0 amide bonds. The van der Waals surface area contributed by atoms with Gasteiger partial charge in [-0.05, 0) is 50.0 Å². The molecule has 5 rings (SSSR count). The van der Waals surface area contributed by atoms with Crippen LogP contribution >= 0.6 is 11.3 Å². The van der Waals surface area contributed by atoms with Crippen LogP contribution in [0.1, 0.15) is 24.4 Å². The summed E-state index contributed by atoms with van der Waals surface area (Å²) in [4.78, 5) is 8.80.